The molecule has 2 fully saturated rings. The minimum absolute atomic E-state index is 0.0726. The van der Waals surface area contributed by atoms with Crippen LogP contribution in [-0.4, -0.2) is 120 Å². The fourth-order valence-corrected chi connectivity index (χ4v) is 3.95. The average molecular weight is 426 g/mol. The number of β-amino-alcohol motifs (C(OH)–C–C–N with tert-alkyl or cyclic N) is 1. The van der Waals surface area contributed by atoms with Crippen molar-refractivity contribution in [3.63, 3.8) is 0 Å². The van der Waals surface area contributed by atoms with Crippen LogP contribution in [0.2, 0.25) is 0 Å². The molecule has 0 unspecified atom stereocenters. The van der Waals surface area contributed by atoms with Gasteiger partial charge in [0.1, 0.15) is 18.3 Å². The molecule has 166 valence electrons. The van der Waals surface area contributed by atoms with E-state index < -0.39 is 42.8 Å². The number of rotatable bonds is 6. The molecule has 0 amide bonds. The number of nitrogens with one attached hydrogen (secondary N) is 1. The zero-order chi connectivity index (χ0) is 21.4. The second-order valence-electron chi connectivity index (χ2n) is 7.54. The van der Waals surface area contributed by atoms with Gasteiger partial charge in [0.25, 0.3) is 5.56 Å². The number of imidazole rings is 1. The fourth-order valence-electron chi connectivity index (χ4n) is 3.95. The summed E-state index contributed by atoms with van der Waals surface area (Å²) in [7, 11) is 0. The molecule has 0 bridgehead atoms. The van der Waals surface area contributed by atoms with E-state index in [0.29, 0.717) is 38.7 Å². The van der Waals surface area contributed by atoms with Crippen molar-refractivity contribution < 1.29 is 30.3 Å². The first-order valence-electron chi connectivity index (χ1n) is 9.79. The molecule has 2 aromatic rings. The van der Waals surface area contributed by atoms with Crippen LogP contribution in [0.15, 0.2) is 11.1 Å². The Morgan fingerprint density at radius 2 is 1.93 bits per heavy atom. The van der Waals surface area contributed by atoms with Gasteiger partial charge in [-0.15, -0.1) is 0 Å². The van der Waals surface area contributed by atoms with E-state index in [2.05, 4.69) is 15.0 Å². The Balaban J connectivity index is 1.67. The second kappa shape index (κ2) is 8.55. The van der Waals surface area contributed by atoms with Crippen LogP contribution in [0.25, 0.3) is 11.2 Å². The van der Waals surface area contributed by atoms with Crippen LogP contribution < -0.4 is 10.5 Å². The molecule has 0 aromatic carbocycles. The van der Waals surface area contributed by atoms with E-state index in [1.807, 2.05) is 9.80 Å². The molecular formula is C17H26N6O7. The number of ether oxygens (including phenoxy) is 1. The van der Waals surface area contributed by atoms with Crippen LogP contribution in [0.4, 0.5) is 5.95 Å². The number of H-pyrrole nitrogens is 1. The number of piperazine rings is 1. The van der Waals surface area contributed by atoms with Crippen LogP contribution in [0.5, 0.6) is 0 Å². The summed E-state index contributed by atoms with van der Waals surface area (Å²) >= 11 is 0. The van der Waals surface area contributed by atoms with E-state index >= 15 is 0 Å². The molecule has 0 aliphatic carbocycles. The van der Waals surface area contributed by atoms with Crippen molar-refractivity contribution in [1.82, 2.24) is 24.4 Å². The van der Waals surface area contributed by atoms with Gasteiger partial charge in [-0.25, -0.2) is 9.97 Å². The van der Waals surface area contributed by atoms with Gasteiger partial charge in [-0.05, 0) is 0 Å². The van der Waals surface area contributed by atoms with Crippen LogP contribution in [0.1, 0.15) is 6.23 Å². The van der Waals surface area contributed by atoms with Gasteiger partial charge in [0, 0.05) is 32.7 Å². The summed E-state index contributed by atoms with van der Waals surface area (Å²) in [6.07, 6.45) is -4.30. The highest BCUT2D eigenvalue weighted by Gasteiger charge is 2.45. The smallest absolute Gasteiger partial charge is 0.278 e. The summed E-state index contributed by atoms with van der Waals surface area (Å²) in [5.74, 6) is 0.353. The first-order valence-corrected chi connectivity index (χ1v) is 9.79. The van der Waals surface area contributed by atoms with E-state index in [-0.39, 0.29) is 17.8 Å². The molecule has 0 spiro atoms. The highest BCUT2D eigenvalue weighted by molar-refractivity contribution is 5.74. The number of nitrogens with zero attached hydrogens (tertiary/aromatic N) is 5. The first-order chi connectivity index (χ1) is 14.4. The topological polar surface area (TPSA) is 180 Å². The third kappa shape index (κ3) is 3.69. The van der Waals surface area contributed by atoms with Gasteiger partial charge in [0.05, 0.1) is 25.6 Å². The van der Waals surface area contributed by atoms with Crippen LogP contribution in [-0.2, 0) is 4.74 Å². The van der Waals surface area contributed by atoms with Crippen molar-refractivity contribution in [1.29, 1.82) is 0 Å². The van der Waals surface area contributed by atoms with Crippen molar-refractivity contribution in [2.24, 2.45) is 0 Å². The van der Waals surface area contributed by atoms with Crippen LogP contribution in [0, 0.1) is 0 Å². The fraction of sp³-hybridized carbons (Fsp3) is 0.706. The number of aromatic nitrogens is 4. The molecule has 5 atom stereocenters. The Morgan fingerprint density at radius 3 is 2.57 bits per heavy atom. The van der Waals surface area contributed by atoms with Crippen molar-refractivity contribution in [2.45, 2.75) is 30.6 Å². The van der Waals surface area contributed by atoms with Crippen LogP contribution in [0.3, 0.4) is 0 Å². The first kappa shape index (κ1) is 21.1. The monoisotopic (exact) mass is 426 g/mol. The quantitative estimate of drug-likeness (QED) is 0.267. The predicted octanol–water partition coefficient (Wildman–Crippen LogP) is -3.79. The lowest BCUT2D eigenvalue weighted by molar-refractivity contribution is -0.0505. The molecule has 2 aliphatic heterocycles. The molecule has 2 aliphatic rings. The number of hydrogen-bond acceptors (Lipinski definition) is 11. The van der Waals surface area contributed by atoms with Gasteiger partial charge in [-0.1, -0.05) is 0 Å². The van der Waals surface area contributed by atoms with Gasteiger partial charge in [-0.2, -0.15) is 0 Å². The Labute approximate surface area is 170 Å². The Morgan fingerprint density at radius 1 is 1.20 bits per heavy atom. The maximum absolute atomic E-state index is 12.3. The lowest BCUT2D eigenvalue weighted by Crippen LogP contribution is -2.50. The lowest BCUT2D eigenvalue weighted by atomic mass is 10.1. The maximum Gasteiger partial charge on any atom is 0.278 e. The highest BCUT2D eigenvalue weighted by Crippen LogP contribution is 2.35. The van der Waals surface area contributed by atoms with Crippen molar-refractivity contribution in [3.05, 3.63) is 16.7 Å². The van der Waals surface area contributed by atoms with Crippen molar-refractivity contribution >= 4 is 17.1 Å². The number of aliphatic hydroxyl groups is 5. The summed E-state index contributed by atoms with van der Waals surface area (Å²) < 4.78 is 7.15. The molecule has 13 heteroatoms. The van der Waals surface area contributed by atoms with Gasteiger partial charge < -0.3 is 40.2 Å². The zero-order valence-corrected chi connectivity index (χ0v) is 16.2. The third-order valence-corrected chi connectivity index (χ3v) is 5.57. The molecule has 6 N–H and O–H groups in total. The molecule has 2 saturated heterocycles. The van der Waals surface area contributed by atoms with Gasteiger partial charge in [0.15, 0.2) is 17.4 Å². The number of aromatic amines is 1. The van der Waals surface area contributed by atoms with Gasteiger partial charge in [-0.3, -0.25) is 14.3 Å². The van der Waals surface area contributed by atoms with Crippen molar-refractivity contribution in [2.75, 3.05) is 50.8 Å². The summed E-state index contributed by atoms with van der Waals surface area (Å²) in [4.78, 5) is 27.3. The second-order valence-corrected chi connectivity index (χ2v) is 7.54. The average Bonchev–Trinajstić information content (AvgIpc) is 3.27. The summed E-state index contributed by atoms with van der Waals surface area (Å²) in [5, 5.41) is 48.8. The van der Waals surface area contributed by atoms with Crippen molar-refractivity contribution in [3.8, 4) is 0 Å². The molecule has 2 aromatic heterocycles. The largest absolute Gasteiger partial charge is 0.394 e. The van der Waals surface area contributed by atoms with E-state index in [1.54, 1.807) is 0 Å². The predicted molar refractivity (Wildman–Crippen MR) is 103 cm³/mol. The van der Waals surface area contributed by atoms with E-state index in [4.69, 9.17) is 9.84 Å². The molecule has 4 rings (SSSR count). The molecule has 4 heterocycles. The normalized spacial score (nSPS) is 29.0. The molecule has 0 saturated carbocycles. The lowest BCUT2D eigenvalue weighted by Gasteiger charge is -2.36. The minimum atomic E-state index is -1.35. The highest BCUT2D eigenvalue weighted by atomic mass is 16.6. The molecular weight excluding hydrogens is 400 g/mol. The van der Waals surface area contributed by atoms with E-state index in [9.17, 15) is 25.2 Å². The van der Waals surface area contributed by atoms with Gasteiger partial charge >= 0.3 is 0 Å². The number of aliphatic hydroxyl groups excluding tert-OH is 5. The summed E-state index contributed by atoms with van der Waals surface area (Å²) in [5.41, 5.74) is -0.179. The molecule has 30 heavy (non-hydrogen) atoms. The SMILES string of the molecule is O=c1[nH]cnc2c1nc(N1CCN(C[C@H](O)CO)CC1)n2[C@H]1O[C@@H](CO)[C@@H](O)[C@@H]1O. The number of fused-ring (bicyclic) bond motifs is 1. The van der Waals surface area contributed by atoms with Crippen LogP contribution >= 0.6 is 0 Å². The maximum atomic E-state index is 12.3. The molecule has 0 radical (unpaired) electrons. The summed E-state index contributed by atoms with van der Waals surface area (Å²) in [6.45, 7) is 1.74. The Hall–Kier alpha value is -2.13. The Bertz CT molecular complexity index is 927. The standard InChI is InChI=1S/C17H26N6O7/c24-6-9(26)5-21-1-3-22(4-2-21)17-20-11-14(18-8-19-15(11)29)23(17)16-13(28)12(27)10(7-25)30-16/h8-10,12-13,16,24-28H,1-7H2,(H,18,19,29)/t9-,10-,12+,13-,16-/m0/s1. The zero-order valence-electron chi connectivity index (χ0n) is 16.2. The van der Waals surface area contributed by atoms with E-state index in [0.717, 1.165) is 0 Å². The Kier molecular flexibility index (Phi) is 6.02. The van der Waals surface area contributed by atoms with Gasteiger partial charge in [0.2, 0.25) is 5.95 Å². The summed E-state index contributed by atoms with van der Waals surface area (Å²) in [6, 6.07) is 0. The minimum Gasteiger partial charge on any atom is -0.394 e. The number of hydrogen-bond donors (Lipinski definition) is 6. The molecule has 13 nitrogen and oxygen atoms in total. The van der Waals surface area contributed by atoms with E-state index in [1.165, 1.54) is 10.9 Å². The third-order valence-electron chi connectivity index (χ3n) is 5.57. The number of anilines is 1.